The fourth-order valence-electron chi connectivity index (χ4n) is 3.11. The van der Waals surface area contributed by atoms with Crippen molar-refractivity contribution < 1.29 is 9.59 Å². The van der Waals surface area contributed by atoms with Gasteiger partial charge in [0.15, 0.2) is 0 Å². The molecule has 0 saturated carbocycles. The van der Waals surface area contributed by atoms with Gasteiger partial charge >= 0.3 is 0 Å². The predicted octanol–water partition coefficient (Wildman–Crippen LogP) is 4.37. The zero-order chi connectivity index (χ0) is 19.9. The molecule has 3 rings (SSSR count). The lowest BCUT2D eigenvalue weighted by molar-refractivity contribution is -0.114. The number of hydrogen-bond acceptors (Lipinski definition) is 3. The quantitative estimate of drug-likeness (QED) is 0.644. The number of anilines is 2. The van der Waals surface area contributed by atoms with E-state index in [4.69, 9.17) is 0 Å². The molecule has 0 aliphatic carbocycles. The topological polar surface area (TPSA) is 61.4 Å². The number of nitrogens with one attached hydrogen (secondary N) is 2. The van der Waals surface area contributed by atoms with Crippen LogP contribution in [-0.2, 0) is 4.79 Å². The molecule has 0 bridgehead atoms. The molecular weight excluding hydrogens is 350 g/mol. The first-order chi connectivity index (χ1) is 13.6. The minimum absolute atomic E-state index is 0.0320. The van der Waals surface area contributed by atoms with Gasteiger partial charge in [0.05, 0.1) is 6.54 Å². The molecule has 0 aliphatic heterocycles. The molecule has 0 aliphatic rings. The van der Waals surface area contributed by atoms with Gasteiger partial charge in [-0.1, -0.05) is 36.4 Å². The molecule has 0 atom stereocenters. The maximum atomic E-state index is 12.5. The lowest BCUT2D eigenvalue weighted by atomic mass is 10.1. The molecule has 0 heterocycles. The Morgan fingerprint density at radius 3 is 2.32 bits per heavy atom. The van der Waals surface area contributed by atoms with Gasteiger partial charge in [-0.2, -0.15) is 0 Å². The van der Waals surface area contributed by atoms with Crippen molar-refractivity contribution in [2.75, 3.05) is 30.3 Å². The average molecular weight is 375 g/mol. The van der Waals surface area contributed by atoms with E-state index in [0.717, 1.165) is 16.5 Å². The van der Waals surface area contributed by atoms with E-state index in [9.17, 15) is 9.59 Å². The van der Waals surface area contributed by atoms with Crippen molar-refractivity contribution in [2.45, 2.75) is 13.8 Å². The standard InChI is InChI=1S/C23H25N3O2/c1-3-26(4-2)23(28)19-10-7-11-21(15-19)25-22(27)16-24-20-13-12-17-8-5-6-9-18(17)14-20/h5-15,24H,3-4,16H2,1-2H3,(H,25,27). The zero-order valence-corrected chi connectivity index (χ0v) is 16.2. The Hall–Kier alpha value is -3.34. The number of carbonyl (C=O) groups is 2. The van der Waals surface area contributed by atoms with Crippen LogP contribution < -0.4 is 10.6 Å². The molecule has 3 aromatic carbocycles. The van der Waals surface area contributed by atoms with Crippen LogP contribution in [0.15, 0.2) is 66.7 Å². The second-order valence-electron chi connectivity index (χ2n) is 6.52. The molecular formula is C23H25N3O2. The smallest absolute Gasteiger partial charge is 0.253 e. The molecule has 0 saturated heterocycles. The first kappa shape index (κ1) is 19.4. The summed E-state index contributed by atoms with van der Waals surface area (Å²) in [5.74, 6) is -0.198. The summed E-state index contributed by atoms with van der Waals surface area (Å²) in [6.45, 7) is 5.35. The molecule has 5 nitrogen and oxygen atoms in total. The first-order valence-corrected chi connectivity index (χ1v) is 9.52. The first-order valence-electron chi connectivity index (χ1n) is 9.52. The fourth-order valence-corrected chi connectivity index (χ4v) is 3.11. The lowest BCUT2D eigenvalue weighted by Gasteiger charge is -2.19. The van der Waals surface area contributed by atoms with Crippen LogP contribution in [0.3, 0.4) is 0 Å². The Morgan fingerprint density at radius 1 is 0.821 bits per heavy atom. The van der Waals surface area contributed by atoms with E-state index < -0.39 is 0 Å². The fraction of sp³-hybridized carbons (Fsp3) is 0.217. The molecule has 28 heavy (non-hydrogen) atoms. The van der Waals surface area contributed by atoms with E-state index in [1.165, 1.54) is 0 Å². The Labute approximate surface area is 165 Å². The maximum absolute atomic E-state index is 12.5. The molecule has 0 radical (unpaired) electrons. The van der Waals surface area contributed by atoms with Gasteiger partial charge in [-0.3, -0.25) is 9.59 Å². The maximum Gasteiger partial charge on any atom is 0.253 e. The van der Waals surface area contributed by atoms with Crippen molar-refractivity contribution in [3.63, 3.8) is 0 Å². The van der Waals surface area contributed by atoms with Gasteiger partial charge in [0, 0.05) is 30.0 Å². The second-order valence-corrected chi connectivity index (χ2v) is 6.52. The highest BCUT2D eigenvalue weighted by Gasteiger charge is 2.13. The molecule has 5 heteroatoms. The molecule has 0 unspecified atom stereocenters. The van der Waals surface area contributed by atoms with Crippen LogP contribution in [0.5, 0.6) is 0 Å². The average Bonchev–Trinajstić information content (AvgIpc) is 2.73. The molecule has 144 valence electrons. The highest BCUT2D eigenvalue weighted by atomic mass is 16.2. The van der Waals surface area contributed by atoms with Crippen molar-refractivity contribution in [2.24, 2.45) is 0 Å². The summed E-state index contributed by atoms with van der Waals surface area (Å²) in [4.78, 5) is 26.5. The largest absolute Gasteiger partial charge is 0.376 e. The minimum Gasteiger partial charge on any atom is -0.376 e. The third-order valence-corrected chi connectivity index (χ3v) is 4.65. The van der Waals surface area contributed by atoms with Gasteiger partial charge in [0.2, 0.25) is 5.91 Å². The van der Waals surface area contributed by atoms with Crippen molar-refractivity contribution >= 4 is 34.0 Å². The number of rotatable bonds is 7. The summed E-state index contributed by atoms with van der Waals surface area (Å²) >= 11 is 0. The van der Waals surface area contributed by atoms with Crippen molar-refractivity contribution in [3.05, 3.63) is 72.3 Å². The summed E-state index contributed by atoms with van der Waals surface area (Å²) in [6, 6.07) is 21.1. The van der Waals surface area contributed by atoms with Gasteiger partial charge in [-0.05, 0) is 55.0 Å². The number of hydrogen-bond donors (Lipinski definition) is 2. The highest BCUT2D eigenvalue weighted by molar-refractivity contribution is 5.98. The summed E-state index contributed by atoms with van der Waals surface area (Å²) in [6.07, 6.45) is 0. The number of carbonyl (C=O) groups excluding carboxylic acids is 2. The second kappa shape index (κ2) is 9.04. The van der Waals surface area contributed by atoms with Crippen LogP contribution >= 0.6 is 0 Å². The van der Waals surface area contributed by atoms with Crippen molar-refractivity contribution in [3.8, 4) is 0 Å². The zero-order valence-electron chi connectivity index (χ0n) is 16.2. The van der Waals surface area contributed by atoms with Crippen LogP contribution in [0.25, 0.3) is 10.8 Å². The summed E-state index contributed by atoms with van der Waals surface area (Å²) in [5.41, 5.74) is 2.08. The number of fused-ring (bicyclic) bond motifs is 1. The van der Waals surface area contributed by atoms with Crippen LogP contribution in [0, 0.1) is 0 Å². The van der Waals surface area contributed by atoms with E-state index in [1.807, 2.05) is 50.2 Å². The van der Waals surface area contributed by atoms with E-state index in [0.29, 0.717) is 24.3 Å². The van der Waals surface area contributed by atoms with Crippen LogP contribution in [-0.4, -0.2) is 36.3 Å². The molecule has 3 aromatic rings. The normalized spacial score (nSPS) is 10.5. The number of benzene rings is 3. The van der Waals surface area contributed by atoms with Gasteiger partial charge in [0.25, 0.3) is 5.91 Å². The van der Waals surface area contributed by atoms with Gasteiger partial charge in [0.1, 0.15) is 0 Å². The van der Waals surface area contributed by atoms with E-state index in [-0.39, 0.29) is 18.4 Å². The van der Waals surface area contributed by atoms with E-state index in [2.05, 4.69) is 16.7 Å². The summed E-state index contributed by atoms with van der Waals surface area (Å²) in [5, 5.41) is 8.27. The third-order valence-electron chi connectivity index (χ3n) is 4.65. The Bertz CT molecular complexity index is 980. The molecule has 0 aromatic heterocycles. The van der Waals surface area contributed by atoms with Crippen molar-refractivity contribution in [1.29, 1.82) is 0 Å². The number of nitrogens with zero attached hydrogens (tertiary/aromatic N) is 1. The molecule has 0 spiro atoms. The monoisotopic (exact) mass is 375 g/mol. The summed E-state index contributed by atoms with van der Waals surface area (Å²) in [7, 11) is 0. The highest BCUT2D eigenvalue weighted by Crippen LogP contribution is 2.19. The molecule has 2 N–H and O–H groups in total. The van der Waals surface area contributed by atoms with Crippen LogP contribution in [0.1, 0.15) is 24.2 Å². The van der Waals surface area contributed by atoms with Crippen LogP contribution in [0.4, 0.5) is 11.4 Å². The van der Waals surface area contributed by atoms with Crippen molar-refractivity contribution in [1.82, 2.24) is 4.90 Å². The SMILES string of the molecule is CCN(CC)C(=O)c1cccc(NC(=O)CNc2ccc3ccccc3c2)c1. The Morgan fingerprint density at radius 2 is 1.57 bits per heavy atom. The molecule has 0 fully saturated rings. The third kappa shape index (κ3) is 4.68. The van der Waals surface area contributed by atoms with Crippen LogP contribution in [0.2, 0.25) is 0 Å². The van der Waals surface area contributed by atoms with Gasteiger partial charge < -0.3 is 15.5 Å². The Balaban J connectivity index is 1.61. The lowest BCUT2D eigenvalue weighted by Crippen LogP contribution is -2.30. The van der Waals surface area contributed by atoms with E-state index >= 15 is 0 Å². The Kier molecular flexibility index (Phi) is 6.27. The predicted molar refractivity (Wildman–Crippen MR) is 115 cm³/mol. The number of amides is 2. The van der Waals surface area contributed by atoms with E-state index in [1.54, 1.807) is 29.2 Å². The molecule has 2 amide bonds. The minimum atomic E-state index is -0.166. The van der Waals surface area contributed by atoms with Gasteiger partial charge in [-0.15, -0.1) is 0 Å². The van der Waals surface area contributed by atoms with Gasteiger partial charge in [-0.25, -0.2) is 0 Å². The summed E-state index contributed by atoms with van der Waals surface area (Å²) < 4.78 is 0.